The molecule has 0 spiro atoms. The van der Waals surface area contributed by atoms with Gasteiger partial charge in [-0.15, -0.1) is 0 Å². The molecule has 0 saturated carbocycles. The minimum Gasteiger partial charge on any atom is -0.501 e. The van der Waals surface area contributed by atoms with Crippen LogP contribution in [0.1, 0.15) is 43.1 Å². The maximum Gasteiger partial charge on any atom is 0.253 e. The molecule has 158 valence electrons. The van der Waals surface area contributed by atoms with Gasteiger partial charge in [0.25, 0.3) is 5.91 Å². The minimum atomic E-state index is -0.860. The smallest absolute Gasteiger partial charge is 0.253 e. The van der Waals surface area contributed by atoms with Gasteiger partial charge in [0, 0.05) is 31.6 Å². The Morgan fingerprint density at radius 2 is 1.97 bits per heavy atom. The van der Waals surface area contributed by atoms with Gasteiger partial charge < -0.3 is 24.7 Å². The summed E-state index contributed by atoms with van der Waals surface area (Å²) in [5, 5.41) is 20.9. The number of aliphatic hydroxyl groups is 2. The standard InChI is InChI=1S/C23H32N2O4/c1-14(2)18-9-19(20(26)10-22(18)29-5)23(28)25-11-16-7-6-15(8-17(16)12-25)21(27)13-24(3)4/h6-9,14,20-21,26-27H,10-13H2,1-5H3. The summed E-state index contributed by atoms with van der Waals surface area (Å²) in [4.78, 5) is 16.9. The van der Waals surface area contributed by atoms with Crippen LogP contribution in [0.25, 0.3) is 0 Å². The molecule has 1 aromatic rings. The van der Waals surface area contributed by atoms with Crippen LogP contribution in [0.2, 0.25) is 0 Å². The summed E-state index contributed by atoms with van der Waals surface area (Å²) in [5.74, 6) is 0.808. The van der Waals surface area contributed by atoms with E-state index in [1.54, 1.807) is 18.1 Å². The van der Waals surface area contributed by atoms with Crippen LogP contribution in [0.15, 0.2) is 41.2 Å². The van der Waals surface area contributed by atoms with Gasteiger partial charge in [0.2, 0.25) is 0 Å². The molecule has 2 unspecified atom stereocenters. The predicted octanol–water partition coefficient (Wildman–Crippen LogP) is 2.37. The van der Waals surface area contributed by atoms with E-state index in [9.17, 15) is 15.0 Å². The topological polar surface area (TPSA) is 73.2 Å². The second kappa shape index (κ2) is 8.69. The van der Waals surface area contributed by atoms with E-state index in [0.29, 0.717) is 31.6 Å². The highest BCUT2D eigenvalue weighted by Gasteiger charge is 2.33. The summed E-state index contributed by atoms with van der Waals surface area (Å²) >= 11 is 0. The normalized spacial score (nSPS) is 20.2. The maximum atomic E-state index is 13.2. The van der Waals surface area contributed by atoms with Gasteiger partial charge in [0.1, 0.15) is 5.76 Å². The van der Waals surface area contributed by atoms with E-state index < -0.39 is 12.2 Å². The third-order valence-corrected chi connectivity index (χ3v) is 5.65. The fourth-order valence-corrected chi connectivity index (χ4v) is 4.04. The van der Waals surface area contributed by atoms with E-state index in [1.807, 2.05) is 37.2 Å². The highest BCUT2D eigenvalue weighted by molar-refractivity contribution is 5.95. The van der Waals surface area contributed by atoms with Crippen molar-refractivity contribution >= 4 is 5.91 Å². The number of aliphatic hydroxyl groups excluding tert-OH is 2. The van der Waals surface area contributed by atoms with Crippen LogP contribution in [-0.4, -0.2) is 59.8 Å². The number of benzene rings is 1. The molecular formula is C23H32N2O4. The van der Waals surface area contributed by atoms with Crippen molar-refractivity contribution in [1.29, 1.82) is 0 Å². The SMILES string of the molecule is COC1=C(C(C)C)C=C(C(=O)N2Cc3ccc(C(O)CN(C)C)cc3C2)C(O)C1. The lowest BCUT2D eigenvalue weighted by molar-refractivity contribution is -0.128. The number of carbonyl (C=O) groups excluding carboxylic acids is 1. The molecule has 1 heterocycles. The summed E-state index contributed by atoms with van der Waals surface area (Å²) in [6, 6.07) is 5.91. The first-order valence-electron chi connectivity index (χ1n) is 10.1. The van der Waals surface area contributed by atoms with Crippen LogP contribution in [0, 0.1) is 5.92 Å². The van der Waals surface area contributed by atoms with Crippen LogP contribution in [0.5, 0.6) is 0 Å². The zero-order valence-electron chi connectivity index (χ0n) is 18.0. The fraction of sp³-hybridized carbons (Fsp3) is 0.522. The maximum absolute atomic E-state index is 13.2. The third kappa shape index (κ3) is 4.55. The minimum absolute atomic E-state index is 0.141. The molecule has 2 aliphatic rings. The molecule has 2 atom stereocenters. The molecule has 1 aliphatic carbocycles. The Balaban J connectivity index is 1.79. The van der Waals surface area contributed by atoms with E-state index in [1.165, 1.54) is 0 Å². The number of fused-ring (bicyclic) bond motifs is 1. The third-order valence-electron chi connectivity index (χ3n) is 5.65. The number of nitrogens with zero attached hydrogens (tertiary/aromatic N) is 2. The van der Waals surface area contributed by atoms with Crippen molar-refractivity contribution in [1.82, 2.24) is 9.80 Å². The number of methoxy groups -OCH3 is 1. The quantitative estimate of drug-likeness (QED) is 0.767. The Kier molecular flexibility index (Phi) is 6.46. The second-order valence-corrected chi connectivity index (χ2v) is 8.52. The van der Waals surface area contributed by atoms with Gasteiger partial charge in [-0.25, -0.2) is 0 Å². The molecule has 1 aliphatic heterocycles. The van der Waals surface area contributed by atoms with Crippen LogP contribution in [0.3, 0.4) is 0 Å². The van der Waals surface area contributed by atoms with E-state index in [-0.39, 0.29) is 11.8 Å². The average molecular weight is 401 g/mol. The molecule has 6 nitrogen and oxygen atoms in total. The number of ether oxygens (including phenoxy) is 1. The number of likely N-dealkylation sites (N-methyl/N-ethyl adjacent to an activating group) is 1. The summed E-state index contributed by atoms with van der Waals surface area (Å²) in [5.41, 5.74) is 4.39. The molecule has 3 rings (SSSR count). The first-order chi connectivity index (χ1) is 13.7. The van der Waals surface area contributed by atoms with E-state index in [0.717, 1.165) is 28.0 Å². The first-order valence-corrected chi connectivity index (χ1v) is 10.1. The van der Waals surface area contributed by atoms with Crippen LogP contribution in [-0.2, 0) is 22.6 Å². The van der Waals surface area contributed by atoms with Crippen molar-refractivity contribution in [3.05, 3.63) is 57.9 Å². The molecule has 6 heteroatoms. The van der Waals surface area contributed by atoms with Gasteiger partial charge in [-0.05, 0) is 48.4 Å². The van der Waals surface area contributed by atoms with Crippen molar-refractivity contribution in [2.24, 2.45) is 5.92 Å². The predicted molar refractivity (Wildman–Crippen MR) is 112 cm³/mol. The van der Waals surface area contributed by atoms with Crippen molar-refractivity contribution in [3.8, 4) is 0 Å². The van der Waals surface area contributed by atoms with Crippen molar-refractivity contribution in [2.75, 3.05) is 27.7 Å². The lowest BCUT2D eigenvalue weighted by Gasteiger charge is -2.27. The summed E-state index contributed by atoms with van der Waals surface area (Å²) in [7, 11) is 5.45. The van der Waals surface area contributed by atoms with E-state index >= 15 is 0 Å². The average Bonchev–Trinajstić information content (AvgIpc) is 3.09. The van der Waals surface area contributed by atoms with Crippen molar-refractivity contribution in [3.63, 3.8) is 0 Å². The number of hydrogen-bond acceptors (Lipinski definition) is 5. The number of allylic oxidation sites excluding steroid dienone is 2. The summed E-state index contributed by atoms with van der Waals surface area (Å²) in [6.45, 7) is 5.65. The molecular weight excluding hydrogens is 368 g/mol. The van der Waals surface area contributed by atoms with Gasteiger partial charge >= 0.3 is 0 Å². The zero-order chi connectivity index (χ0) is 21.3. The fourth-order valence-electron chi connectivity index (χ4n) is 4.04. The monoisotopic (exact) mass is 400 g/mol. The number of hydrogen-bond donors (Lipinski definition) is 2. The molecule has 0 fully saturated rings. The Morgan fingerprint density at radius 1 is 1.28 bits per heavy atom. The van der Waals surface area contributed by atoms with E-state index in [4.69, 9.17) is 4.74 Å². The van der Waals surface area contributed by atoms with Crippen molar-refractivity contribution < 1.29 is 19.7 Å². The lowest BCUT2D eigenvalue weighted by Crippen LogP contribution is -2.33. The van der Waals surface area contributed by atoms with Gasteiger partial charge in [0.15, 0.2) is 0 Å². The molecule has 0 aromatic heterocycles. The largest absolute Gasteiger partial charge is 0.501 e. The zero-order valence-corrected chi connectivity index (χ0v) is 18.0. The molecule has 2 N–H and O–H groups in total. The first kappa shape index (κ1) is 21.6. The molecule has 0 bridgehead atoms. The molecule has 1 amide bonds. The molecule has 0 saturated heterocycles. The summed E-state index contributed by atoms with van der Waals surface area (Å²) in [6.07, 6.45) is 0.702. The van der Waals surface area contributed by atoms with Gasteiger partial charge in [0.05, 0.1) is 19.3 Å². The lowest BCUT2D eigenvalue weighted by atomic mass is 9.88. The van der Waals surface area contributed by atoms with Crippen molar-refractivity contribution in [2.45, 2.75) is 45.6 Å². The van der Waals surface area contributed by atoms with Gasteiger partial charge in [-0.1, -0.05) is 32.0 Å². The summed E-state index contributed by atoms with van der Waals surface area (Å²) < 4.78 is 5.43. The van der Waals surface area contributed by atoms with E-state index in [2.05, 4.69) is 13.8 Å². The Bertz CT molecular complexity index is 841. The molecule has 29 heavy (non-hydrogen) atoms. The number of carbonyl (C=O) groups is 1. The number of rotatable bonds is 6. The highest BCUT2D eigenvalue weighted by atomic mass is 16.5. The molecule has 0 radical (unpaired) electrons. The van der Waals surface area contributed by atoms with Gasteiger partial charge in [-0.2, -0.15) is 0 Å². The highest BCUT2D eigenvalue weighted by Crippen LogP contribution is 2.33. The Hall–Kier alpha value is -2.15. The Labute approximate surface area is 173 Å². The molecule has 1 aromatic carbocycles. The number of amides is 1. The van der Waals surface area contributed by atoms with Crippen LogP contribution < -0.4 is 0 Å². The Morgan fingerprint density at radius 3 is 2.59 bits per heavy atom. The second-order valence-electron chi connectivity index (χ2n) is 8.52. The van der Waals surface area contributed by atoms with Gasteiger partial charge in [-0.3, -0.25) is 4.79 Å². The van der Waals surface area contributed by atoms with Crippen LogP contribution in [0.4, 0.5) is 0 Å². The van der Waals surface area contributed by atoms with Crippen LogP contribution >= 0.6 is 0 Å².